The zero-order valence-electron chi connectivity index (χ0n) is 9.01. The van der Waals surface area contributed by atoms with Gasteiger partial charge in [0.2, 0.25) is 16.9 Å². The van der Waals surface area contributed by atoms with Gasteiger partial charge in [-0.1, -0.05) is 17.7 Å². The molecule has 0 aliphatic carbocycles. The van der Waals surface area contributed by atoms with Crippen molar-refractivity contribution in [1.29, 1.82) is 0 Å². The molecule has 1 heterocycles. The van der Waals surface area contributed by atoms with E-state index in [2.05, 4.69) is 25.9 Å². The second-order valence-corrected chi connectivity index (χ2v) is 4.84. The SMILES string of the molecule is O=[N+]([O-])c1cccc(Cl)c1Oc1nc(Cl)ncc1Br. The number of hydrogen-bond acceptors (Lipinski definition) is 5. The lowest BCUT2D eigenvalue weighted by Crippen LogP contribution is -1.97. The second-order valence-electron chi connectivity index (χ2n) is 3.24. The fraction of sp³-hybridized carbons (Fsp3) is 0. The van der Waals surface area contributed by atoms with Gasteiger partial charge in [0.05, 0.1) is 14.4 Å². The zero-order valence-corrected chi connectivity index (χ0v) is 12.1. The molecular weight excluding hydrogens is 361 g/mol. The largest absolute Gasteiger partial charge is 0.429 e. The topological polar surface area (TPSA) is 78.2 Å². The van der Waals surface area contributed by atoms with Crippen molar-refractivity contribution in [2.75, 3.05) is 0 Å². The van der Waals surface area contributed by atoms with Gasteiger partial charge in [-0.2, -0.15) is 4.98 Å². The van der Waals surface area contributed by atoms with Gasteiger partial charge in [0.15, 0.2) is 0 Å². The number of halogens is 3. The van der Waals surface area contributed by atoms with Crippen molar-refractivity contribution >= 4 is 44.8 Å². The summed E-state index contributed by atoms with van der Waals surface area (Å²) in [5.74, 6) is -0.0687. The third-order valence-electron chi connectivity index (χ3n) is 2.02. The van der Waals surface area contributed by atoms with Gasteiger partial charge in [0, 0.05) is 12.3 Å². The van der Waals surface area contributed by atoms with Crippen molar-refractivity contribution in [3.63, 3.8) is 0 Å². The molecule has 0 aliphatic heterocycles. The molecule has 0 fully saturated rings. The predicted octanol–water partition coefficient (Wildman–Crippen LogP) is 4.25. The molecule has 6 nitrogen and oxygen atoms in total. The highest BCUT2D eigenvalue weighted by molar-refractivity contribution is 9.10. The molecule has 0 atom stereocenters. The lowest BCUT2D eigenvalue weighted by Gasteiger charge is -2.08. The number of ether oxygens (including phenoxy) is 1. The summed E-state index contributed by atoms with van der Waals surface area (Å²) in [6.07, 6.45) is 1.37. The molecule has 1 aromatic carbocycles. The molecule has 0 amide bonds. The maximum atomic E-state index is 10.9. The van der Waals surface area contributed by atoms with Gasteiger partial charge in [-0.3, -0.25) is 10.1 Å². The Morgan fingerprint density at radius 3 is 2.79 bits per heavy atom. The van der Waals surface area contributed by atoms with E-state index in [0.29, 0.717) is 4.47 Å². The van der Waals surface area contributed by atoms with Crippen molar-refractivity contribution in [3.05, 3.63) is 49.3 Å². The average molecular weight is 365 g/mol. The summed E-state index contributed by atoms with van der Waals surface area (Å²) in [6, 6.07) is 4.20. The minimum absolute atomic E-state index is 0.0381. The summed E-state index contributed by atoms with van der Waals surface area (Å²) in [5, 5.41) is 11.0. The number of nitro benzene ring substituents is 1. The zero-order chi connectivity index (χ0) is 14.0. The van der Waals surface area contributed by atoms with Crippen LogP contribution in [0.4, 0.5) is 5.69 Å². The van der Waals surface area contributed by atoms with Gasteiger partial charge in [-0.25, -0.2) is 4.98 Å². The van der Waals surface area contributed by atoms with Crippen LogP contribution < -0.4 is 4.74 Å². The number of nitro groups is 1. The maximum Gasteiger partial charge on any atom is 0.313 e. The highest BCUT2D eigenvalue weighted by Gasteiger charge is 2.20. The quantitative estimate of drug-likeness (QED) is 0.462. The Balaban J connectivity index is 2.49. The van der Waals surface area contributed by atoms with Crippen molar-refractivity contribution in [1.82, 2.24) is 9.97 Å². The highest BCUT2D eigenvalue weighted by atomic mass is 79.9. The first kappa shape index (κ1) is 14.0. The first-order chi connectivity index (χ1) is 8.99. The van der Waals surface area contributed by atoms with Crippen molar-refractivity contribution < 1.29 is 9.66 Å². The lowest BCUT2D eigenvalue weighted by molar-refractivity contribution is -0.385. The van der Waals surface area contributed by atoms with Gasteiger partial charge < -0.3 is 4.74 Å². The summed E-state index contributed by atoms with van der Waals surface area (Å²) < 4.78 is 5.75. The molecule has 0 N–H and O–H groups in total. The van der Waals surface area contributed by atoms with E-state index < -0.39 is 4.92 Å². The van der Waals surface area contributed by atoms with Crippen molar-refractivity contribution in [2.24, 2.45) is 0 Å². The normalized spacial score (nSPS) is 10.3. The molecule has 19 heavy (non-hydrogen) atoms. The second kappa shape index (κ2) is 5.68. The molecule has 0 saturated carbocycles. The van der Waals surface area contributed by atoms with Gasteiger partial charge in [0.25, 0.3) is 0 Å². The van der Waals surface area contributed by atoms with Crippen LogP contribution in [0.2, 0.25) is 10.3 Å². The molecule has 0 radical (unpaired) electrons. The van der Waals surface area contributed by atoms with E-state index in [1.165, 1.54) is 24.4 Å². The van der Waals surface area contributed by atoms with Crippen LogP contribution >= 0.6 is 39.1 Å². The Hall–Kier alpha value is -1.44. The Kier molecular flexibility index (Phi) is 4.18. The maximum absolute atomic E-state index is 10.9. The van der Waals surface area contributed by atoms with Crippen LogP contribution in [0.1, 0.15) is 0 Å². The molecular formula is C10H4BrCl2N3O3. The van der Waals surface area contributed by atoms with E-state index in [-0.39, 0.29) is 27.6 Å². The fourth-order valence-corrected chi connectivity index (χ4v) is 1.85. The molecule has 0 spiro atoms. The van der Waals surface area contributed by atoms with E-state index in [4.69, 9.17) is 27.9 Å². The molecule has 0 bridgehead atoms. The Morgan fingerprint density at radius 1 is 1.37 bits per heavy atom. The van der Waals surface area contributed by atoms with Gasteiger partial charge in [0.1, 0.15) is 0 Å². The van der Waals surface area contributed by atoms with E-state index >= 15 is 0 Å². The third kappa shape index (κ3) is 3.12. The van der Waals surface area contributed by atoms with Gasteiger partial charge >= 0.3 is 5.69 Å². The Bertz CT molecular complexity index is 654. The predicted molar refractivity (Wildman–Crippen MR) is 72.9 cm³/mol. The minimum Gasteiger partial charge on any atom is -0.429 e. The first-order valence-corrected chi connectivity index (χ1v) is 6.32. The summed E-state index contributed by atoms with van der Waals surface area (Å²) in [5.41, 5.74) is -0.269. The molecule has 0 unspecified atom stereocenters. The van der Waals surface area contributed by atoms with Crippen LogP contribution in [-0.4, -0.2) is 14.9 Å². The van der Waals surface area contributed by atoms with Crippen LogP contribution in [0.25, 0.3) is 0 Å². The molecule has 9 heteroatoms. The molecule has 0 saturated heterocycles. The smallest absolute Gasteiger partial charge is 0.313 e. The highest BCUT2D eigenvalue weighted by Crippen LogP contribution is 2.39. The summed E-state index contributed by atoms with van der Waals surface area (Å²) in [4.78, 5) is 17.8. The van der Waals surface area contributed by atoms with Crippen LogP contribution in [-0.2, 0) is 0 Å². The van der Waals surface area contributed by atoms with Gasteiger partial charge in [-0.15, -0.1) is 0 Å². The summed E-state index contributed by atoms with van der Waals surface area (Å²) in [6.45, 7) is 0. The molecule has 98 valence electrons. The van der Waals surface area contributed by atoms with Crippen LogP contribution in [0.3, 0.4) is 0 Å². The van der Waals surface area contributed by atoms with Crippen LogP contribution in [0.5, 0.6) is 11.6 Å². The van der Waals surface area contributed by atoms with Gasteiger partial charge in [-0.05, 0) is 33.6 Å². The average Bonchev–Trinajstić information content (AvgIpc) is 2.35. The van der Waals surface area contributed by atoms with E-state index in [1.54, 1.807) is 0 Å². The van der Waals surface area contributed by atoms with Crippen molar-refractivity contribution in [3.8, 4) is 11.6 Å². The van der Waals surface area contributed by atoms with Crippen LogP contribution in [0, 0.1) is 10.1 Å². The number of aromatic nitrogens is 2. The Labute approximate surface area is 125 Å². The fourth-order valence-electron chi connectivity index (χ4n) is 1.24. The molecule has 2 rings (SSSR count). The standard InChI is InChI=1S/C10H4BrCl2N3O3/c11-5-4-14-10(13)15-9(5)19-8-6(12)2-1-3-7(8)16(17)18/h1-4H. The molecule has 2 aromatic rings. The van der Waals surface area contributed by atoms with Crippen LogP contribution in [0.15, 0.2) is 28.9 Å². The van der Waals surface area contributed by atoms with E-state index in [9.17, 15) is 10.1 Å². The lowest BCUT2D eigenvalue weighted by atomic mass is 10.3. The van der Waals surface area contributed by atoms with Crippen molar-refractivity contribution in [2.45, 2.75) is 0 Å². The number of hydrogen-bond donors (Lipinski definition) is 0. The monoisotopic (exact) mass is 363 g/mol. The number of benzene rings is 1. The first-order valence-electron chi connectivity index (χ1n) is 4.78. The molecule has 0 aliphatic rings. The third-order valence-corrected chi connectivity index (χ3v) is 3.05. The number of para-hydroxylation sites is 1. The summed E-state index contributed by atoms with van der Waals surface area (Å²) >= 11 is 14.7. The van der Waals surface area contributed by atoms with E-state index in [1.807, 2.05) is 0 Å². The Morgan fingerprint density at radius 2 is 2.11 bits per heavy atom. The minimum atomic E-state index is -0.599. The number of nitrogens with zero attached hydrogens (tertiary/aromatic N) is 3. The van der Waals surface area contributed by atoms with E-state index in [0.717, 1.165) is 0 Å². The number of rotatable bonds is 3. The molecule has 1 aromatic heterocycles. The summed E-state index contributed by atoms with van der Waals surface area (Å²) in [7, 11) is 0.